The van der Waals surface area contributed by atoms with E-state index in [2.05, 4.69) is 0 Å². The van der Waals surface area contributed by atoms with E-state index >= 15 is 0 Å². The number of halogens is 1. The Balaban J connectivity index is 2.52. The second-order valence-electron chi connectivity index (χ2n) is 3.33. The molecule has 82 valence electrons. The Labute approximate surface area is 97.7 Å². The highest BCUT2D eigenvalue weighted by atomic mass is 35.5. The fraction of sp³-hybridized carbons (Fsp3) is 0.167. The van der Waals surface area contributed by atoms with Crippen LogP contribution >= 0.6 is 11.6 Å². The van der Waals surface area contributed by atoms with Gasteiger partial charge < -0.3 is 4.74 Å². The van der Waals surface area contributed by atoms with Gasteiger partial charge in [0, 0.05) is 17.2 Å². The normalized spacial score (nSPS) is 14.5. The minimum atomic E-state index is -0.335. The summed E-state index contributed by atoms with van der Waals surface area (Å²) in [6, 6.07) is 4.80. The average Bonchev–Trinajstić information content (AvgIpc) is 2.26. The average molecular weight is 237 g/mol. The fourth-order valence-corrected chi connectivity index (χ4v) is 1.77. The molecular weight excluding hydrogens is 228 g/mol. The number of carbonyl (C=O) groups excluding carboxylic acids is 2. The van der Waals surface area contributed by atoms with Crippen LogP contribution in [0.3, 0.4) is 0 Å². The van der Waals surface area contributed by atoms with Gasteiger partial charge in [-0.25, -0.2) is 0 Å². The van der Waals surface area contributed by atoms with Crippen molar-refractivity contribution >= 4 is 23.2 Å². The van der Waals surface area contributed by atoms with Crippen LogP contribution in [0.4, 0.5) is 0 Å². The second kappa shape index (κ2) is 4.10. The van der Waals surface area contributed by atoms with Crippen LogP contribution in [0.25, 0.3) is 0 Å². The van der Waals surface area contributed by atoms with Gasteiger partial charge in [0.05, 0.1) is 11.6 Å². The Kier molecular flexibility index (Phi) is 2.79. The number of rotatable bonds is 2. The molecule has 0 aromatic heterocycles. The van der Waals surface area contributed by atoms with E-state index in [4.69, 9.17) is 16.3 Å². The highest BCUT2D eigenvalue weighted by Crippen LogP contribution is 2.26. The lowest BCUT2D eigenvalue weighted by molar-refractivity contribution is 0.0990. The molecule has 0 bridgehead atoms. The van der Waals surface area contributed by atoms with Gasteiger partial charge in [0.15, 0.2) is 5.78 Å². The highest BCUT2D eigenvalue weighted by molar-refractivity contribution is 6.49. The van der Waals surface area contributed by atoms with Crippen LogP contribution in [0.15, 0.2) is 29.3 Å². The van der Waals surface area contributed by atoms with Crippen molar-refractivity contribution in [3.05, 3.63) is 40.4 Å². The summed E-state index contributed by atoms with van der Waals surface area (Å²) < 4.78 is 5.26. The zero-order chi connectivity index (χ0) is 11.7. The molecule has 0 atom stereocenters. The maximum atomic E-state index is 11.7. The first-order valence-corrected chi connectivity index (χ1v) is 5.24. The predicted molar refractivity (Wildman–Crippen MR) is 60.2 cm³/mol. The number of benzene rings is 1. The van der Waals surface area contributed by atoms with Crippen LogP contribution in [-0.4, -0.2) is 18.2 Å². The zero-order valence-corrected chi connectivity index (χ0v) is 9.38. The number of hydrogen-bond acceptors (Lipinski definition) is 3. The second-order valence-corrected chi connectivity index (χ2v) is 3.73. The lowest BCUT2D eigenvalue weighted by Crippen LogP contribution is -2.14. The Hall–Kier alpha value is -1.61. The summed E-state index contributed by atoms with van der Waals surface area (Å²) in [6.45, 7) is 2.35. The summed E-state index contributed by atoms with van der Waals surface area (Å²) in [7, 11) is 0. The molecule has 0 saturated heterocycles. The predicted octanol–water partition coefficient (Wildman–Crippen LogP) is 2.59. The standard InChI is InChI=1S/C12H9ClO3/c1-2-16-7-3-4-8-9(5-7)12(15)10(13)6-11(8)14/h3-6H,2H2,1H3. The van der Waals surface area contributed by atoms with E-state index < -0.39 is 0 Å². The third kappa shape index (κ3) is 1.74. The van der Waals surface area contributed by atoms with Crippen molar-refractivity contribution in [1.29, 1.82) is 0 Å². The van der Waals surface area contributed by atoms with Crippen LogP contribution < -0.4 is 4.74 Å². The fourth-order valence-electron chi connectivity index (χ4n) is 1.57. The molecule has 4 heteroatoms. The Morgan fingerprint density at radius 3 is 2.69 bits per heavy atom. The molecule has 3 nitrogen and oxygen atoms in total. The third-order valence-electron chi connectivity index (χ3n) is 2.29. The molecule has 2 rings (SSSR count). The van der Waals surface area contributed by atoms with Gasteiger partial charge in [-0.2, -0.15) is 0 Å². The number of hydrogen-bond donors (Lipinski definition) is 0. The molecule has 0 fully saturated rings. The van der Waals surface area contributed by atoms with E-state index in [0.29, 0.717) is 23.5 Å². The molecule has 1 aromatic rings. The molecule has 0 N–H and O–H groups in total. The molecule has 0 spiro atoms. The van der Waals surface area contributed by atoms with Crippen LogP contribution in [0.1, 0.15) is 27.6 Å². The Bertz CT molecular complexity index is 503. The monoisotopic (exact) mass is 236 g/mol. The first-order chi connectivity index (χ1) is 7.63. The Morgan fingerprint density at radius 1 is 1.25 bits per heavy atom. The van der Waals surface area contributed by atoms with Crippen molar-refractivity contribution in [1.82, 2.24) is 0 Å². The van der Waals surface area contributed by atoms with Crippen LogP contribution in [0, 0.1) is 0 Å². The molecule has 16 heavy (non-hydrogen) atoms. The number of carbonyl (C=O) groups is 2. The van der Waals surface area contributed by atoms with Crippen molar-refractivity contribution in [3.63, 3.8) is 0 Å². The summed E-state index contributed by atoms with van der Waals surface area (Å²) in [5, 5.41) is -0.0499. The SMILES string of the molecule is CCOc1ccc2c(c1)C(=O)C(Cl)=CC2=O. The van der Waals surface area contributed by atoms with E-state index in [9.17, 15) is 9.59 Å². The summed E-state index contributed by atoms with van der Waals surface area (Å²) in [4.78, 5) is 23.3. The molecule has 1 aromatic carbocycles. The van der Waals surface area contributed by atoms with Gasteiger partial charge in [0.1, 0.15) is 5.75 Å². The third-order valence-corrected chi connectivity index (χ3v) is 2.57. The molecule has 0 amide bonds. The molecule has 0 radical (unpaired) electrons. The van der Waals surface area contributed by atoms with Crippen molar-refractivity contribution in [2.45, 2.75) is 6.92 Å². The minimum absolute atomic E-state index is 0.0499. The number of allylic oxidation sites excluding steroid dienone is 2. The lowest BCUT2D eigenvalue weighted by atomic mass is 9.94. The molecular formula is C12H9ClO3. The summed E-state index contributed by atoms with van der Waals surface area (Å²) in [6.07, 6.45) is 1.15. The molecule has 1 aliphatic rings. The molecule has 0 aliphatic heterocycles. The van der Waals surface area contributed by atoms with E-state index in [1.807, 2.05) is 6.92 Å². The first kappa shape index (κ1) is 10.9. The van der Waals surface area contributed by atoms with Crippen molar-refractivity contribution in [2.75, 3.05) is 6.61 Å². The molecule has 0 unspecified atom stereocenters. The van der Waals surface area contributed by atoms with Gasteiger partial charge in [-0.05, 0) is 25.1 Å². The lowest BCUT2D eigenvalue weighted by Gasteiger charge is -2.12. The topological polar surface area (TPSA) is 43.4 Å². The molecule has 1 aliphatic carbocycles. The van der Waals surface area contributed by atoms with Crippen LogP contribution in [0.2, 0.25) is 0 Å². The zero-order valence-electron chi connectivity index (χ0n) is 8.62. The van der Waals surface area contributed by atoms with Gasteiger partial charge in [0.25, 0.3) is 0 Å². The molecule has 0 heterocycles. The summed E-state index contributed by atoms with van der Waals surface area (Å²) in [5.74, 6) is -0.0192. The largest absolute Gasteiger partial charge is 0.494 e. The summed E-state index contributed by atoms with van der Waals surface area (Å²) >= 11 is 5.67. The number of fused-ring (bicyclic) bond motifs is 1. The molecule has 0 saturated carbocycles. The van der Waals surface area contributed by atoms with Crippen LogP contribution in [-0.2, 0) is 0 Å². The maximum Gasteiger partial charge on any atom is 0.205 e. The number of Topliss-reactive ketones (excluding diaryl/α,β-unsaturated/α-hetero) is 1. The van der Waals surface area contributed by atoms with E-state index in [-0.39, 0.29) is 16.6 Å². The van der Waals surface area contributed by atoms with Crippen LogP contribution in [0.5, 0.6) is 5.75 Å². The van der Waals surface area contributed by atoms with Gasteiger partial charge in [-0.15, -0.1) is 0 Å². The van der Waals surface area contributed by atoms with Gasteiger partial charge >= 0.3 is 0 Å². The first-order valence-electron chi connectivity index (χ1n) is 4.86. The quantitative estimate of drug-likeness (QED) is 0.793. The van der Waals surface area contributed by atoms with E-state index in [0.717, 1.165) is 6.08 Å². The summed E-state index contributed by atoms with van der Waals surface area (Å²) in [5.41, 5.74) is 0.682. The van der Waals surface area contributed by atoms with Gasteiger partial charge in [-0.1, -0.05) is 11.6 Å². The maximum absolute atomic E-state index is 11.7. The Morgan fingerprint density at radius 2 is 2.00 bits per heavy atom. The van der Waals surface area contributed by atoms with E-state index in [1.54, 1.807) is 18.2 Å². The smallest absolute Gasteiger partial charge is 0.205 e. The van der Waals surface area contributed by atoms with Gasteiger partial charge in [0.2, 0.25) is 5.78 Å². The van der Waals surface area contributed by atoms with Gasteiger partial charge in [-0.3, -0.25) is 9.59 Å². The van der Waals surface area contributed by atoms with Crippen molar-refractivity contribution < 1.29 is 14.3 Å². The number of ketones is 2. The van der Waals surface area contributed by atoms with E-state index in [1.165, 1.54) is 0 Å². The van der Waals surface area contributed by atoms with Crippen molar-refractivity contribution in [3.8, 4) is 5.75 Å². The highest BCUT2D eigenvalue weighted by Gasteiger charge is 2.24. The number of ether oxygens (including phenoxy) is 1. The minimum Gasteiger partial charge on any atom is -0.494 e. The van der Waals surface area contributed by atoms with Crippen molar-refractivity contribution in [2.24, 2.45) is 0 Å².